The average molecular weight is 478 g/mol. The number of aliphatic hydroxyl groups is 1. The van der Waals surface area contributed by atoms with Crippen molar-refractivity contribution in [3.63, 3.8) is 0 Å². The van der Waals surface area contributed by atoms with Crippen molar-refractivity contribution in [1.82, 2.24) is 0 Å². The molecule has 0 saturated carbocycles. The summed E-state index contributed by atoms with van der Waals surface area (Å²) in [5.74, 6) is -2.48. The van der Waals surface area contributed by atoms with Gasteiger partial charge in [-0.25, -0.2) is 9.59 Å². The Morgan fingerprint density at radius 2 is 1.29 bits per heavy atom. The molecule has 1 aliphatic heterocycles. The van der Waals surface area contributed by atoms with Gasteiger partial charge in [0.2, 0.25) is 0 Å². The van der Waals surface area contributed by atoms with Crippen molar-refractivity contribution in [2.75, 3.05) is 6.61 Å². The Kier molecular flexibility index (Phi) is 7.51. The van der Waals surface area contributed by atoms with Crippen LogP contribution in [0.15, 0.2) is 91.0 Å². The third kappa shape index (κ3) is 5.55. The van der Waals surface area contributed by atoms with Crippen molar-refractivity contribution in [3.05, 3.63) is 108 Å². The average Bonchev–Trinajstić information content (AvgIpc) is 3.22. The van der Waals surface area contributed by atoms with Crippen molar-refractivity contribution in [3.8, 4) is 0 Å². The van der Waals surface area contributed by atoms with E-state index < -0.39 is 49.1 Å². The number of rotatable bonds is 7. The number of hydrogen-bond acceptors (Lipinski definition) is 8. The molecule has 1 fully saturated rings. The van der Waals surface area contributed by atoms with E-state index in [0.717, 1.165) is 4.52 Å². The van der Waals surface area contributed by atoms with Gasteiger partial charge in [0.1, 0.15) is 18.3 Å². The third-order valence-electron chi connectivity index (χ3n) is 5.33. The molecule has 1 N–H and O–H groups in total. The quantitative estimate of drug-likeness (QED) is 0.179. The van der Waals surface area contributed by atoms with Crippen molar-refractivity contribution in [1.29, 1.82) is 0 Å². The fourth-order valence-corrected chi connectivity index (χ4v) is 3.54. The minimum Gasteiger partial charge on any atom is -0.591 e. The van der Waals surface area contributed by atoms with Crippen molar-refractivity contribution >= 4 is 17.9 Å². The van der Waals surface area contributed by atoms with E-state index >= 15 is 0 Å². The lowest BCUT2D eigenvalue weighted by molar-refractivity contribution is -0.784. The maximum Gasteiger partial charge on any atom is 0.555 e. The number of aliphatic hydroxyl groups excluding tert-OH is 1. The first-order valence-electron chi connectivity index (χ1n) is 10.8. The molecular formula is C26H22O9. The van der Waals surface area contributed by atoms with E-state index in [0.29, 0.717) is 0 Å². The van der Waals surface area contributed by atoms with E-state index in [1.807, 2.05) is 0 Å². The van der Waals surface area contributed by atoms with Gasteiger partial charge in [-0.05, 0) is 36.4 Å². The molecule has 180 valence electrons. The van der Waals surface area contributed by atoms with Crippen LogP contribution >= 0.6 is 0 Å². The second-order valence-corrected chi connectivity index (χ2v) is 7.68. The zero-order valence-corrected chi connectivity index (χ0v) is 18.4. The molecule has 0 aliphatic carbocycles. The van der Waals surface area contributed by atoms with Crippen LogP contribution in [0.25, 0.3) is 0 Å². The van der Waals surface area contributed by atoms with Crippen LogP contribution in [0.1, 0.15) is 31.1 Å². The van der Waals surface area contributed by atoms with Crippen LogP contribution in [0.3, 0.4) is 0 Å². The molecule has 3 aromatic rings. The van der Waals surface area contributed by atoms with E-state index in [1.54, 1.807) is 66.7 Å². The molecule has 0 bridgehead atoms. The van der Waals surface area contributed by atoms with Gasteiger partial charge >= 0.3 is 17.9 Å². The summed E-state index contributed by atoms with van der Waals surface area (Å²) in [6, 6.07) is 23.8. The Morgan fingerprint density at radius 3 is 1.83 bits per heavy atom. The lowest BCUT2D eigenvalue weighted by Crippen LogP contribution is -2.48. The highest BCUT2D eigenvalue weighted by atomic mass is 17.3. The van der Waals surface area contributed by atoms with E-state index in [-0.39, 0.29) is 16.7 Å². The largest absolute Gasteiger partial charge is 0.591 e. The fourth-order valence-electron chi connectivity index (χ4n) is 3.54. The first-order valence-corrected chi connectivity index (χ1v) is 10.8. The number of carbonyl (C=O) groups is 3. The summed E-state index contributed by atoms with van der Waals surface area (Å²) < 4.78 is 17.2. The van der Waals surface area contributed by atoms with E-state index in [2.05, 4.69) is 0 Å². The number of esters is 2. The van der Waals surface area contributed by atoms with Gasteiger partial charge in [0.15, 0.2) is 12.2 Å². The van der Waals surface area contributed by atoms with Crippen molar-refractivity contribution in [2.45, 2.75) is 24.6 Å². The van der Waals surface area contributed by atoms with Gasteiger partial charge in [-0.2, -0.15) is 0 Å². The molecule has 9 heteroatoms. The predicted octanol–water partition coefficient (Wildman–Crippen LogP) is 1.82. The molecule has 0 aromatic heterocycles. The van der Waals surface area contributed by atoms with Gasteiger partial charge in [-0.1, -0.05) is 54.6 Å². The van der Waals surface area contributed by atoms with Gasteiger partial charge in [-0.3, -0.25) is 0 Å². The Bertz CT molecular complexity index is 1150. The molecule has 1 saturated heterocycles. The van der Waals surface area contributed by atoms with E-state index in [1.165, 1.54) is 24.3 Å². The number of carbonyl (C=O) groups excluding carboxylic acids is 3. The van der Waals surface area contributed by atoms with Crippen LogP contribution in [0.2, 0.25) is 0 Å². The predicted molar refractivity (Wildman–Crippen MR) is 119 cm³/mol. The van der Waals surface area contributed by atoms with E-state index in [4.69, 9.17) is 14.2 Å². The Balaban J connectivity index is 1.52. The van der Waals surface area contributed by atoms with Crippen molar-refractivity contribution in [2.24, 2.45) is 0 Å². The molecule has 1 heterocycles. The minimum atomic E-state index is -1.77. The minimum absolute atomic E-state index is 0.0556. The van der Waals surface area contributed by atoms with E-state index in [9.17, 15) is 24.7 Å². The summed E-state index contributed by atoms with van der Waals surface area (Å²) in [5, 5.41) is 23.5. The Labute approximate surface area is 200 Å². The van der Waals surface area contributed by atoms with Crippen LogP contribution in [0.5, 0.6) is 0 Å². The van der Waals surface area contributed by atoms with Gasteiger partial charge < -0.3 is 29.1 Å². The standard InChI is InChI=1S/C26H22O9/c27-21-22(34-24(29)18-12-6-2-7-13-18)20(16-32-23(28)17-10-4-1-5-11-17)33-26(21)35(31)25(30)19-14-8-3-9-15-19/h1-15,20-22,26-27H,16H2/t20-,21-,22-,26-/m1/s1. The molecule has 4 atom stereocenters. The molecule has 9 nitrogen and oxygen atoms in total. The van der Waals surface area contributed by atoms with Crippen LogP contribution < -0.4 is 5.26 Å². The number of ether oxygens (including phenoxy) is 3. The molecular weight excluding hydrogens is 456 g/mol. The van der Waals surface area contributed by atoms with Gasteiger partial charge in [0.05, 0.1) is 11.1 Å². The number of benzene rings is 3. The molecule has 0 spiro atoms. The van der Waals surface area contributed by atoms with Crippen LogP contribution in [-0.4, -0.2) is 54.2 Å². The monoisotopic (exact) mass is 478 g/mol. The lowest BCUT2D eigenvalue weighted by Gasteiger charge is -2.32. The SMILES string of the molecule is O=C(OC[C@H]1O[C@H]([O+]([O-])C(=O)c2ccccc2)[C@H](O)[C@@H]1OC(=O)c1ccccc1)c1ccccc1. The zero-order valence-electron chi connectivity index (χ0n) is 18.4. The third-order valence-corrected chi connectivity index (χ3v) is 5.33. The normalized spacial score (nSPS) is 21.2. The van der Waals surface area contributed by atoms with Crippen LogP contribution in [0, 0.1) is 0 Å². The molecule has 4 rings (SSSR count). The lowest BCUT2D eigenvalue weighted by atomic mass is 10.1. The van der Waals surface area contributed by atoms with Crippen molar-refractivity contribution < 1.29 is 43.5 Å². The molecule has 35 heavy (non-hydrogen) atoms. The summed E-state index contributed by atoms with van der Waals surface area (Å²) >= 11 is 0. The Morgan fingerprint density at radius 1 is 0.800 bits per heavy atom. The van der Waals surface area contributed by atoms with Gasteiger partial charge in [0, 0.05) is 4.79 Å². The molecule has 0 radical (unpaired) electrons. The van der Waals surface area contributed by atoms with Gasteiger partial charge in [-0.15, -0.1) is 0 Å². The molecule has 0 unspecified atom stereocenters. The summed E-state index contributed by atoms with van der Waals surface area (Å²) in [6.45, 7) is -0.443. The molecule has 0 amide bonds. The zero-order chi connectivity index (χ0) is 24.8. The summed E-state index contributed by atoms with van der Waals surface area (Å²) in [5.41, 5.74) is 0.537. The second-order valence-electron chi connectivity index (χ2n) is 7.68. The summed E-state index contributed by atoms with van der Waals surface area (Å²) in [6.07, 6.45) is -6.11. The first-order chi connectivity index (χ1) is 17.0. The highest BCUT2D eigenvalue weighted by molar-refractivity contribution is 5.90. The van der Waals surface area contributed by atoms with Crippen LogP contribution in [0.4, 0.5) is 0 Å². The highest BCUT2D eigenvalue weighted by Gasteiger charge is 2.52. The van der Waals surface area contributed by atoms with Crippen LogP contribution in [-0.2, 0) is 18.7 Å². The second kappa shape index (κ2) is 10.9. The Hall–Kier alpha value is -4.05. The first kappa shape index (κ1) is 24.1. The molecule has 1 aliphatic rings. The molecule has 3 aromatic carbocycles. The smallest absolute Gasteiger partial charge is 0.555 e. The maximum atomic E-state index is 12.7. The highest BCUT2D eigenvalue weighted by Crippen LogP contribution is 2.29. The summed E-state index contributed by atoms with van der Waals surface area (Å²) in [4.78, 5) is 37.6. The van der Waals surface area contributed by atoms with Gasteiger partial charge in [0.25, 0.3) is 6.29 Å². The summed E-state index contributed by atoms with van der Waals surface area (Å²) in [7, 11) is 0. The number of hydrogen-bond donors (Lipinski definition) is 1. The topological polar surface area (TPSA) is 125 Å². The fraction of sp³-hybridized carbons (Fsp3) is 0.192. The maximum absolute atomic E-state index is 12.7.